The molecule has 0 spiro atoms. The fraction of sp³-hybridized carbons (Fsp3) is 0.300. The second-order valence-electron chi connectivity index (χ2n) is 5.59. The third kappa shape index (κ3) is 4.81. The van der Waals surface area contributed by atoms with Crippen molar-refractivity contribution < 1.29 is 4.79 Å². The molecular weight excluding hydrogens is 316 g/mol. The zero-order valence-corrected chi connectivity index (χ0v) is 15.1. The van der Waals surface area contributed by atoms with Gasteiger partial charge >= 0.3 is 0 Å². The molecule has 2 aromatic rings. The Labute approximate surface area is 147 Å². The van der Waals surface area contributed by atoms with Crippen LogP contribution in [0.5, 0.6) is 0 Å². The van der Waals surface area contributed by atoms with E-state index in [9.17, 15) is 4.79 Å². The van der Waals surface area contributed by atoms with E-state index in [1.54, 1.807) is 18.3 Å². The average molecular weight is 338 g/mol. The molecule has 2 N–H and O–H groups in total. The van der Waals surface area contributed by atoms with Crippen LogP contribution >= 0.6 is 11.3 Å². The lowest BCUT2D eigenvalue weighted by Crippen LogP contribution is -2.13. The predicted octanol–water partition coefficient (Wildman–Crippen LogP) is 4.57. The first-order valence-electron chi connectivity index (χ1n) is 7.96. The van der Waals surface area contributed by atoms with Gasteiger partial charge in [-0.15, -0.1) is 17.3 Å². The summed E-state index contributed by atoms with van der Waals surface area (Å²) >= 11 is 1.62. The first-order chi connectivity index (χ1) is 11.5. The van der Waals surface area contributed by atoms with E-state index < -0.39 is 0 Å². The zero-order chi connectivity index (χ0) is 17.5. The van der Waals surface area contributed by atoms with E-state index in [0.29, 0.717) is 18.7 Å². The van der Waals surface area contributed by atoms with E-state index in [1.807, 2.05) is 26.0 Å². The van der Waals surface area contributed by atoms with Gasteiger partial charge in [0.05, 0.1) is 11.9 Å². The van der Waals surface area contributed by atoms with Gasteiger partial charge in [-0.25, -0.2) is 0 Å². The lowest BCUT2D eigenvalue weighted by molar-refractivity contribution is -0.117. The van der Waals surface area contributed by atoms with Crippen LogP contribution in [0.4, 0.5) is 0 Å². The van der Waals surface area contributed by atoms with E-state index in [0.717, 1.165) is 21.6 Å². The summed E-state index contributed by atoms with van der Waals surface area (Å²) in [5.74, 6) is 6.69. The molecule has 0 amide bonds. The van der Waals surface area contributed by atoms with Crippen LogP contribution < -0.4 is 5.73 Å². The number of nitrogens with two attached hydrogens (primary N) is 1. The number of benzene rings is 1. The molecule has 0 aliphatic carbocycles. The molecule has 1 atom stereocenters. The summed E-state index contributed by atoms with van der Waals surface area (Å²) in [5.41, 5.74) is 9.12. The standard InChI is InChI=1S/C20H22N2OS/c1-4-7-15-8-6-9-16(11-15)17-12-19(24-13-17)18(10-14(3)23)22-20(21)5-2/h6,8-9,11-13,18H,5,10H2,1-3H3,(H2,21,22)/t18-/m0/s1. The predicted molar refractivity (Wildman–Crippen MR) is 102 cm³/mol. The number of rotatable bonds is 6. The Kier molecular flexibility index (Phi) is 6.34. The van der Waals surface area contributed by atoms with Gasteiger partial charge in [0.1, 0.15) is 5.78 Å². The molecule has 0 aliphatic rings. The number of hydrogen-bond acceptors (Lipinski definition) is 3. The normalized spacial score (nSPS) is 12.4. The van der Waals surface area contributed by atoms with Gasteiger partial charge in [0.2, 0.25) is 0 Å². The Morgan fingerprint density at radius 3 is 2.79 bits per heavy atom. The molecule has 4 heteroatoms. The SMILES string of the molecule is CC#Cc1cccc(-c2csc([C@H](CC(C)=O)N=C(N)CC)c2)c1. The molecule has 0 bridgehead atoms. The molecule has 1 aromatic heterocycles. The molecule has 0 fully saturated rings. The maximum atomic E-state index is 11.6. The number of aliphatic imine (C=N–C) groups is 1. The van der Waals surface area contributed by atoms with Crippen LogP contribution in [0, 0.1) is 11.8 Å². The van der Waals surface area contributed by atoms with Crippen LogP contribution in [-0.2, 0) is 4.79 Å². The number of amidine groups is 1. The Hall–Kier alpha value is -2.38. The number of carbonyl (C=O) groups is 1. The maximum Gasteiger partial charge on any atom is 0.132 e. The number of ketones is 1. The largest absolute Gasteiger partial charge is 0.387 e. The van der Waals surface area contributed by atoms with Crippen molar-refractivity contribution in [1.29, 1.82) is 0 Å². The second-order valence-corrected chi connectivity index (χ2v) is 6.53. The van der Waals surface area contributed by atoms with E-state index in [2.05, 4.69) is 40.4 Å². The summed E-state index contributed by atoms with van der Waals surface area (Å²) in [6.45, 7) is 5.38. The van der Waals surface area contributed by atoms with Gasteiger partial charge in [-0.2, -0.15) is 0 Å². The summed E-state index contributed by atoms with van der Waals surface area (Å²) < 4.78 is 0. The fourth-order valence-electron chi connectivity index (χ4n) is 2.37. The van der Waals surface area contributed by atoms with Crippen molar-refractivity contribution in [2.45, 2.75) is 39.7 Å². The first-order valence-corrected chi connectivity index (χ1v) is 8.84. The van der Waals surface area contributed by atoms with Crippen LogP contribution in [0.3, 0.4) is 0 Å². The van der Waals surface area contributed by atoms with E-state index in [4.69, 9.17) is 5.73 Å². The summed E-state index contributed by atoms with van der Waals surface area (Å²) in [4.78, 5) is 17.1. The van der Waals surface area contributed by atoms with Gasteiger partial charge in [-0.05, 0) is 48.6 Å². The molecule has 24 heavy (non-hydrogen) atoms. The van der Waals surface area contributed by atoms with Crippen molar-refractivity contribution in [3.63, 3.8) is 0 Å². The fourth-order valence-corrected chi connectivity index (χ4v) is 3.33. The monoisotopic (exact) mass is 338 g/mol. The number of carbonyl (C=O) groups excluding carboxylic acids is 1. The molecule has 0 unspecified atom stereocenters. The Morgan fingerprint density at radius 2 is 2.12 bits per heavy atom. The van der Waals surface area contributed by atoms with Gasteiger partial charge in [-0.1, -0.05) is 25.0 Å². The minimum absolute atomic E-state index is 0.114. The van der Waals surface area contributed by atoms with Gasteiger partial charge in [0, 0.05) is 23.3 Å². The molecule has 0 aliphatic heterocycles. The number of Topliss-reactive ketones (excluding diaryl/α,β-unsaturated/α-hetero) is 1. The van der Waals surface area contributed by atoms with Crippen molar-refractivity contribution in [2.24, 2.45) is 10.7 Å². The highest BCUT2D eigenvalue weighted by molar-refractivity contribution is 7.10. The lowest BCUT2D eigenvalue weighted by Gasteiger charge is -2.10. The summed E-state index contributed by atoms with van der Waals surface area (Å²) in [6, 6.07) is 10.1. The van der Waals surface area contributed by atoms with Crippen LogP contribution in [0.2, 0.25) is 0 Å². The van der Waals surface area contributed by atoms with E-state index in [-0.39, 0.29) is 11.8 Å². The molecule has 1 heterocycles. The lowest BCUT2D eigenvalue weighted by atomic mass is 10.0. The van der Waals surface area contributed by atoms with Gasteiger partial charge in [0.25, 0.3) is 0 Å². The van der Waals surface area contributed by atoms with Crippen LogP contribution in [-0.4, -0.2) is 11.6 Å². The second kappa shape index (κ2) is 8.47. The van der Waals surface area contributed by atoms with Gasteiger partial charge < -0.3 is 5.73 Å². The van der Waals surface area contributed by atoms with E-state index >= 15 is 0 Å². The molecule has 3 nitrogen and oxygen atoms in total. The number of nitrogens with zero attached hydrogens (tertiary/aromatic N) is 1. The highest BCUT2D eigenvalue weighted by atomic mass is 32.1. The van der Waals surface area contributed by atoms with Crippen molar-refractivity contribution in [3.8, 4) is 23.0 Å². The molecule has 0 saturated heterocycles. The highest BCUT2D eigenvalue weighted by Gasteiger charge is 2.16. The highest BCUT2D eigenvalue weighted by Crippen LogP contribution is 2.33. The number of thiophene rings is 1. The minimum atomic E-state index is -0.195. The zero-order valence-electron chi connectivity index (χ0n) is 14.3. The van der Waals surface area contributed by atoms with Gasteiger partial charge in [-0.3, -0.25) is 9.79 Å². The molecule has 0 saturated carbocycles. The summed E-state index contributed by atoms with van der Waals surface area (Å²) in [7, 11) is 0. The van der Waals surface area contributed by atoms with Crippen molar-refractivity contribution in [2.75, 3.05) is 0 Å². The molecule has 2 rings (SSSR count). The van der Waals surface area contributed by atoms with Gasteiger partial charge in [0.15, 0.2) is 0 Å². The summed E-state index contributed by atoms with van der Waals surface area (Å²) in [6.07, 6.45) is 1.06. The average Bonchev–Trinajstić information content (AvgIpc) is 3.04. The Balaban J connectivity index is 2.34. The van der Waals surface area contributed by atoms with E-state index in [1.165, 1.54) is 0 Å². The van der Waals surface area contributed by atoms with Crippen LogP contribution in [0.25, 0.3) is 11.1 Å². The number of hydrogen-bond donors (Lipinski definition) is 1. The Bertz CT molecular complexity index is 808. The quantitative estimate of drug-likeness (QED) is 0.476. The van der Waals surface area contributed by atoms with Crippen molar-refractivity contribution >= 4 is 23.0 Å². The third-order valence-corrected chi connectivity index (χ3v) is 4.61. The Morgan fingerprint density at radius 1 is 1.33 bits per heavy atom. The molecule has 1 aromatic carbocycles. The smallest absolute Gasteiger partial charge is 0.132 e. The third-order valence-electron chi connectivity index (χ3n) is 3.58. The molecular formula is C20H22N2OS. The van der Waals surface area contributed by atoms with Crippen LogP contribution in [0.15, 0.2) is 40.7 Å². The topological polar surface area (TPSA) is 55.5 Å². The maximum absolute atomic E-state index is 11.6. The first kappa shape index (κ1) is 18.0. The minimum Gasteiger partial charge on any atom is -0.387 e. The summed E-state index contributed by atoms with van der Waals surface area (Å²) in [5, 5.41) is 2.10. The molecule has 124 valence electrons. The van der Waals surface area contributed by atoms with Crippen LogP contribution in [0.1, 0.15) is 50.1 Å². The van der Waals surface area contributed by atoms with Crippen molar-refractivity contribution in [1.82, 2.24) is 0 Å². The van der Waals surface area contributed by atoms with Crippen molar-refractivity contribution in [3.05, 3.63) is 46.2 Å². The molecule has 0 radical (unpaired) electrons.